The lowest BCUT2D eigenvalue weighted by molar-refractivity contribution is 1.26. The second-order valence-electron chi connectivity index (χ2n) is 14.5. The maximum Gasteiger partial charge on any atom is 0.0619 e. The van der Waals surface area contributed by atoms with Crippen LogP contribution in [0.5, 0.6) is 0 Å². The van der Waals surface area contributed by atoms with Gasteiger partial charge in [-0.3, -0.25) is 0 Å². The molecule has 11 rings (SSSR count). The highest BCUT2D eigenvalue weighted by atomic mass is 15.1. The van der Waals surface area contributed by atoms with E-state index >= 15 is 0 Å². The first kappa shape index (κ1) is 32.0. The molecule has 0 spiro atoms. The van der Waals surface area contributed by atoms with Crippen LogP contribution < -0.4 is 4.90 Å². The van der Waals surface area contributed by atoms with Crippen LogP contribution in [-0.2, 0) is 0 Å². The van der Waals surface area contributed by atoms with E-state index in [0.717, 1.165) is 17.1 Å². The minimum Gasteiger partial charge on any atom is -0.315 e. The molecule has 0 bridgehead atoms. The highest BCUT2D eigenvalue weighted by Gasteiger charge is 2.19. The molecule has 0 fully saturated rings. The molecule has 56 heavy (non-hydrogen) atoms. The zero-order valence-corrected chi connectivity index (χ0v) is 30.7. The van der Waals surface area contributed by atoms with E-state index in [4.69, 9.17) is 0 Å². The van der Waals surface area contributed by atoms with E-state index in [9.17, 15) is 0 Å². The highest BCUT2D eigenvalue weighted by molar-refractivity contribution is 6.15. The lowest BCUT2D eigenvalue weighted by atomic mass is 9.97. The quantitative estimate of drug-likeness (QED) is 0.167. The van der Waals surface area contributed by atoms with Crippen LogP contribution in [0.2, 0.25) is 0 Å². The Balaban J connectivity index is 1.07. The number of pyridine rings is 1. The number of hydrogen-bond donors (Lipinski definition) is 0. The first-order valence-corrected chi connectivity index (χ1v) is 19.3. The normalized spacial score (nSPS) is 11.6. The average Bonchev–Trinajstić information content (AvgIpc) is 3.62. The Morgan fingerprint density at radius 1 is 0.321 bits per heavy atom. The van der Waals surface area contributed by atoms with Crippen molar-refractivity contribution in [1.29, 1.82) is 0 Å². The van der Waals surface area contributed by atoms with E-state index in [-0.39, 0.29) is 0 Å². The number of benzene rings is 9. The van der Waals surface area contributed by atoms with Crippen LogP contribution in [0, 0.1) is 0 Å². The molecule has 0 radical (unpaired) electrons. The minimum atomic E-state index is 1.10. The van der Waals surface area contributed by atoms with E-state index < -0.39 is 0 Å². The van der Waals surface area contributed by atoms with Gasteiger partial charge in [0.05, 0.1) is 11.0 Å². The Morgan fingerprint density at radius 2 is 0.839 bits per heavy atom. The van der Waals surface area contributed by atoms with Crippen LogP contribution in [0.25, 0.3) is 82.1 Å². The van der Waals surface area contributed by atoms with Gasteiger partial charge in [0.25, 0.3) is 0 Å². The Bertz CT molecular complexity index is 3100. The van der Waals surface area contributed by atoms with Crippen molar-refractivity contribution in [3.63, 3.8) is 0 Å². The van der Waals surface area contributed by atoms with E-state index in [2.05, 4.69) is 228 Å². The van der Waals surface area contributed by atoms with Gasteiger partial charge in [-0.15, -0.1) is 0 Å². The third-order valence-electron chi connectivity index (χ3n) is 11.4. The Kier molecular flexibility index (Phi) is 7.53. The van der Waals surface area contributed by atoms with Crippen molar-refractivity contribution in [2.45, 2.75) is 0 Å². The van der Waals surface area contributed by atoms with Gasteiger partial charge in [-0.05, 0) is 103 Å². The van der Waals surface area contributed by atoms with Crippen LogP contribution in [-0.4, -0.2) is 4.40 Å². The number of hydrogen-bond acceptors (Lipinski definition) is 1. The van der Waals surface area contributed by atoms with Crippen LogP contribution in [0.4, 0.5) is 17.1 Å². The fraction of sp³-hybridized carbons (Fsp3) is 0. The van der Waals surface area contributed by atoms with Crippen molar-refractivity contribution in [3.8, 4) is 33.4 Å². The van der Waals surface area contributed by atoms with Crippen molar-refractivity contribution in [3.05, 3.63) is 219 Å². The molecular formula is C54H36N2. The van der Waals surface area contributed by atoms with Gasteiger partial charge in [0.2, 0.25) is 0 Å². The largest absolute Gasteiger partial charge is 0.315 e. The lowest BCUT2D eigenvalue weighted by Gasteiger charge is -2.26. The number of rotatable bonds is 6. The Labute approximate surface area is 325 Å². The Hall–Kier alpha value is -7.42. The predicted octanol–water partition coefficient (Wildman–Crippen LogP) is 15.0. The molecule has 2 heterocycles. The second-order valence-corrected chi connectivity index (χ2v) is 14.5. The third kappa shape index (κ3) is 5.26. The highest BCUT2D eigenvalue weighted by Crippen LogP contribution is 2.43. The summed E-state index contributed by atoms with van der Waals surface area (Å²) in [6.45, 7) is 0. The van der Waals surface area contributed by atoms with Crippen molar-refractivity contribution in [2.24, 2.45) is 0 Å². The number of fused-ring (bicyclic) bond motifs is 7. The van der Waals surface area contributed by atoms with Gasteiger partial charge >= 0.3 is 0 Å². The molecule has 0 unspecified atom stereocenters. The van der Waals surface area contributed by atoms with E-state index in [1.54, 1.807) is 0 Å². The molecule has 2 heteroatoms. The van der Waals surface area contributed by atoms with Gasteiger partial charge in [0.1, 0.15) is 0 Å². The molecule has 0 amide bonds. The standard InChI is InChI=1S/C54H36N2/c1-2-14-41(15-3-1)53-51-20-8-9-23-52(51)55-35-34-42-36-45(32-33-50(42)54(53)55)56(43-28-24-39(25-29-43)48-21-10-16-37-12-4-6-18-46(37)48)44-30-26-40(27-31-44)49-22-11-17-38-13-5-7-19-47(38)49/h1-36H. The van der Waals surface area contributed by atoms with Gasteiger partial charge < -0.3 is 9.30 Å². The summed E-state index contributed by atoms with van der Waals surface area (Å²) in [5.74, 6) is 0. The summed E-state index contributed by atoms with van der Waals surface area (Å²) in [5.41, 5.74) is 13.1. The number of aromatic nitrogens is 1. The van der Waals surface area contributed by atoms with Crippen molar-refractivity contribution < 1.29 is 0 Å². The van der Waals surface area contributed by atoms with Gasteiger partial charge in [-0.25, -0.2) is 0 Å². The smallest absolute Gasteiger partial charge is 0.0619 e. The first-order chi connectivity index (χ1) is 27.8. The molecule has 2 aromatic heterocycles. The van der Waals surface area contributed by atoms with Gasteiger partial charge in [-0.2, -0.15) is 0 Å². The average molecular weight is 713 g/mol. The molecule has 0 saturated carbocycles. The van der Waals surface area contributed by atoms with Gasteiger partial charge in [0.15, 0.2) is 0 Å². The topological polar surface area (TPSA) is 7.65 Å². The molecule has 11 aromatic rings. The number of anilines is 3. The first-order valence-electron chi connectivity index (χ1n) is 19.3. The summed E-state index contributed by atoms with van der Waals surface area (Å²) >= 11 is 0. The van der Waals surface area contributed by atoms with E-state index in [0.29, 0.717) is 0 Å². The monoisotopic (exact) mass is 712 g/mol. The molecular weight excluding hydrogens is 677 g/mol. The molecule has 2 nitrogen and oxygen atoms in total. The summed E-state index contributed by atoms with van der Waals surface area (Å²) in [6.07, 6.45) is 2.23. The summed E-state index contributed by atoms with van der Waals surface area (Å²) in [5, 5.41) is 8.70. The lowest BCUT2D eigenvalue weighted by Crippen LogP contribution is -2.10. The number of nitrogens with zero attached hydrogens (tertiary/aromatic N) is 2. The minimum absolute atomic E-state index is 1.10. The molecule has 0 aliphatic carbocycles. The molecule has 0 aliphatic rings. The van der Waals surface area contributed by atoms with Crippen molar-refractivity contribution >= 4 is 65.8 Å². The maximum absolute atomic E-state index is 2.39. The molecule has 262 valence electrons. The van der Waals surface area contributed by atoms with Gasteiger partial charge in [-0.1, -0.05) is 164 Å². The third-order valence-corrected chi connectivity index (χ3v) is 11.4. The summed E-state index contributed by atoms with van der Waals surface area (Å²) in [6, 6.07) is 77.2. The molecule has 9 aromatic carbocycles. The summed E-state index contributed by atoms with van der Waals surface area (Å²) in [7, 11) is 0. The molecule has 0 saturated heterocycles. The zero-order chi connectivity index (χ0) is 37.0. The van der Waals surface area contributed by atoms with E-state index in [1.807, 2.05) is 0 Å². The van der Waals surface area contributed by atoms with Crippen LogP contribution in [0.1, 0.15) is 0 Å². The van der Waals surface area contributed by atoms with Crippen LogP contribution >= 0.6 is 0 Å². The van der Waals surface area contributed by atoms with E-state index in [1.165, 1.54) is 82.1 Å². The zero-order valence-electron chi connectivity index (χ0n) is 30.7. The molecule has 0 N–H and O–H groups in total. The fourth-order valence-electron chi connectivity index (χ4n) is 8.76. The van der Waals surface area contributed by atoms with Crippen LogP contribution in [0.15, 0.2) is 219 Å². The molecule has 0 atom stereocenters. The maximum atomic E-state index is 2.39. The molecule has 0 aliphatic heterocycles. The summed E-state index contributed by atoms with van der Waals surface area (Å²) in [4.78, 5) is 2.39. The number of para-hydroxylation sites is 1. The van der Waals surface area contributed by atoms with Gasteiger partial charge in [0, 0.05) is 39.6 Å². The van der Waals surface area contributed by atoms with Crippen molar-refractivity contribution in [1.82, 2.24) is 4.40 Å². The Morgan fingerprint density at radius 3 is 1.46 bits per heavy atom. The fourth-order valence-corrected chi connectivity index (χ4v) is 8.76. The SMILES string of the molecule is c1ccc(-c2c3ccccc3n3ccc4cc(N(c5ccc(-c6cccc7ccccc67)cc5)c5ccc(-c6cccc7ccccc67)cc5)ccc4c23)cc1. The second kappa shape index (κ2) is 13.2. The van der Waals surface area contributed by atoms with Crippen LogP contribution in [0.3, 0.4) is 0 Å². The summed E-state index contributed by atoms with van der Waals surface area (Å²) < 4.78 is 2.36. The predicted molar refractivity (Wildman–Crippen MR) is 238 cm³/mol. The van der Waals surface area contributed by atoms with Crippen molar-refractivity contribution in [2.75, 3.05) is 4.90 Å².